The SMILES string of the molecule is Cc1ccccc1Oc1ccc(N2C(=S)N[C@H](c3ccccn3)[C@H]2c2ccc(-c3ccc(Br)cc3)o2)cc1. The molecular weight excluding hydrogens is 558 g/mol. The third kappa shape index (κ3) is 4.83. The van der Waals surface area contributed by atoms with Gasteiger partial charge >= 0.3 is 0 Å². The first-order chi connectivity index (χ1) is 18.6. The van der Waals surface area contributed by atoms with Crippen molar-refractivity contribution in [2.75, 3.05) is 4.90 Å². The Bertz CT molecular complexity index is 1570. The minimum absolute atomic E-state index is 0.185. The lowest BCUT2D eigenvalue weighted by molar-refractivity contribution is 0.439. The summed E-state index contributed by atoms with van der Waals surface area (Å²) >= 11 is 9.36. The molecule has 1 aliphatic rings. The first-order valence-corrected chi connectivity index (χ1v) is 13.5. The van der Waals surface area contributed by atoms with Crippen LogP contribution < -0.4 is 15.0 Å². The number of pyridine rings is 1. The van der Waals surface area contributed by atoms with Gasteiger partial charge in [-0.2, -0.15) is 0 Å². The highest BCUT2D eigenvalue weighted by Crippen LogP contribution is 2.43. The van der Waals surface area contributed by atoms with E-state index in [2.05, 4.69) is 31.1 Å². The maximum absolute atomic E-state index is 6.45. The van der Waals surface area contributed by atoms with Gasteiger partial charge in [0.1, 0.15) is 29.1 Å². The summed E-state index contributed by atoms with van der Waals surface area (Å²) in [5, 5.41) is 4.09. The molecule has 1 aliphatic heterocycles. The molecule has 0 bridgehead atoms. The molecule has 7 heteroatoms. The number of nitrogens with zero attached hydrogens (tertiary/aromatic N) is 2. The number of anilines is 1. The van der Waals surface area contributed by atoms with Crippen LogP contribution in [0.15, 0.2) is 118 Å². The van der Waals surface area contributed by atoms with Crippen molar-refractivity contribution in [3.63, 3.8) is 0 Å². The monoisotopic (exact) mass is 581 g/mol. The van der Waals surface area contributed by atoms with Gasteiger partial charge in [0.05, 0.1) is 11.7 Å². The predicted octanol–water partition coefficient (Wildman–Crippen LogP) is 8.38. The van der Waals surface area contributed by atoms with E-state index in [4.69, 9.17) is 21.4 Å². The molecule has 6 rings (SSSR count). The van der Waals surface area contributed by atoms with Crippen molar-refractivity contribution in [3.05, 3.63) is 131 Å². The molecule has 0 radical (unpaired) electrons. The summed E-state index contributed by atoms with van der Waals surface area (Å²) in [6.07, 6.45) is 1.80. The molecule has 38 heavy (non-hydrogen) atoms. The van der Waals surface area contributed by atoms with Crippen LogP contribution in [0.3, 0.4) is 0 Å². The molecule has 0 aliphatic carbocycles. The number of thiocarbonyl (C=S) groups is 1. The minimum Gasteiger partial charge on any atom is -0.459 e. The van der Waals surface area contributed by atoms with E-state index in [9.17, 15) is 0 Å². The molecule has 0 saturated carbocycles. The standard InChI is InChI=1S/C31H24BrN3O2S/c1-20-6-2-3-8-26(20)36-24-15-13-23(14-16-24)35-30(29(34-31(35)38)25-7-4-5-19-33-25)28-18-17-27(37-28)21-9-11-22(32)12-10-21/h2-19,29-30H,1H3,(H,34,38)/t29-,30-/m1/s1. The lowest BCUT2D eigenvalue weighted by Gasteiger charge is -2.26. The number of para-hydroxylation sites is 1. The number of nitrogens with one attached hydrogen (secondary N) is 1. The predicted molar refractivity (Wildman–Crippen MR) is 157 cm³/mol. The zero-order valence-corrected chi connectivity index (χ0v) is 22.9. The Kier molecular flexibility index (Phi) is 6.70. The lowest BCUT2D eigenvalue weighted by atomic mass is 10.0. The molecule has 5 nitrogen and oxygen atoms in total. The molecule has 5 aromatic rings. The Morgan fingerprint density at radius 2 is 1.66 bits per heavy atom. The maximum atomic E-state index is 6.45. The third-order valence-corrected chi connectivity index (χ3v) is 7.42. The molecule has 0 spiro atoms. The van der Waals surface area contributed by atoms with Gasteiger partial charge in [0.15, 0.2) is 5.11 Å². The largest absolute Gasteiger partial charge is 0.459 e. The summed E-state index contributed by atoms with van der Waals surface area (Å²) in [7, 11) is 0. The van der Waals surface area contributed by atoms with Crippen molar-refractivity contribution in [3.8, 4) is 22.8 Å². The smallest absolute Gasteiger partial charge is 0.174 e. The normalized spacial score (nSPS) is 16.9. The highest BCUT2D eigenvalue weighted by molar-refractivity contribution is 9.10. The molecule has 2 atom stereocenters. The van der Waals surface area contributed by atoms with Crippen molar-refractivity contribution < 1.29 is 9.15 Å². The zero-order valence-electron chi connectivity index (χ0n) is 20.5. The molecular formula is C31H24BrN3O2S. The minimum atomic E-state index is -0.232. The van der Waals surface area contributed by atoms with Gasteiger partial charge in [-0.1, -0.05) is 52.3 Å². The van der Waals surface area contributed by atoms with E-state index >= 15 is 0 Å². The molecule has 0 unspecified atom stereocenters. The van der Waals surface area contributed by atoms with Crippen molar-refractivity contribution in [1.29, 1.82) is 0 Å². The average Bonchev–Trinajstić information content (AvgIpc) is 3.56. The maximum Gasteiger partial charge on any atom is 0.174 e. The van der Waals surface area contributed by atoms with Gasteiger partial charge in [0, 0.05) is 21.9 Å². The number of aryl methyl sites for hydroxylation is 1. The van der Waals surface area contributed by atoms with Crippen LogP contribution in [0.4, 0.5) is 5.69 Å². The Balaban J connectivity index is 1.35. The molecule has 0 amide bonds. The van der Waals surface area contributed by atoms with Crippen molar-refractivity contribution in [1.82, 2.24) is 10.3 Å². The highest BCUT2D eigenvalue weighted by atomic mass is 79.9. The Morgan fingerprint density at radius 1 is 0.895 bits per heavy atom. The van der Waals surface area contributed by atoms with Crippen LogP contribution in [0.25, 0.3) is 11.3 Å². The fourth-order valence-corrected chi connectivity index (χ4v) is 5.29. The molecule has 188 valence electrons. The quantitative estimate of drug-likeness (QED) is 0.203. The van der Waals surface area contributed by atoms with Gasteiger partial charge in [-0.05, 0) is 91.4 Å². The second kappa shape index (κ2) is 10.4. The number of benzene rings is 3. The lowest BCUT2D eigenvalue weighted by Crippen LogP contribution is -2.29. The van der Waals surface area contributed by atoms with Crippen LogP contribution in [0.2, 0.25) is 0 Å². The van der Waals surface area contributed by atoms with Crippen LogP contribution in [-0.4, -0.2) is 10.1 Å². The topological polar surface area (TPSA) is 50.5 Å². The number of halogens is 1. The summed E-state index contributed by atoms with van der Waals surface area (Å²) in [4.78, 5) is 6.72. The van der Waals surface area contributed by atoms with E-state index < -0.39 is 0 Å². The average molecular weight is 583 g/mol. The van der Waals surface area contributed by atoms with Gasteiger partial charge in [-0.3, -0.25) is 4.98 Å². The number of ether oxygens (including phenoxy) is 1. The van der Waals surface area contributed by atoms with E-state index in [1.54, 1.807) is 6.20 Å². The zero-order chi connectivity index (χ0) is 26.1. The Hall–Kier alpha value is -3.94. The number of furan rings is 1. The molecule has 3 heterocycles. The molecule has 1 saturated heterocycles. The van der Waals surface area contributed by atoms with Crippen molar-refractivity contribution >= 4 is 38.9 Å². The van der Waals surface area contributed by atoms with Crippen LogP contribution >= 0.6 is 28.1 Å². The summed E-state index contributed by atoms with van der Waals surface area (Å²) in [6.45, 7) is 2.03. The third-order valence-electron chi connectivity index (χ3n) is 6.58. The van der Waals surface area contributed by atoms with Crippen LogP contribution in [-0.2, 0) is 0 Å². The van der Waals surface area contributed by atoms with E-state index in [0.29, 0.717) is 5.11 Å². The first-order valence-electron chi connectivity index (χ1n) is 12.3. The van der Waals surface area contributed by atoms with Crippen LogP contribution in [0.5, 0.6) is 11.5 Å². The van der Waals surface area contributed by atoms with Gasteiger partial charge in [0.25, 0.3) is 0 Å². The number of rotatable bonds is 6. The number of aromatic nitrogens is 1. The summed E-state index contributed by atoms with van der Waals surface area (Å²) in [5.74, 6) is 3.19. The summed E-state index contributed by atoms with van der Waals surface area (Å²) in [5.41, 5.74) is 3.92. The van der Waals surface area contributed by atoms with Gasteiger partial charge in [-0.25, -0.2) is 0 Å². The molecule has 1 N–H and O–H groups in total. The van der Waals surface area contributed by atoms with Crippen LogP contribution in [0.1, 0.15) is 29.1 Å². The molecule has 1 fully saturated rings. The van der Waals surface area contributed by atoms with Gasteiger partial charge < -0.3 is 19.4 Å². The first kappa shape index (κ1) is 24.4. The van der Waals surface area contributed by atoms with E-state index in [1.807, 2.05) is 110 Å². The number of hydrogen-bond donors (Lipinski definition) is 1. The second-order valence-corrected chi connectivity index (χ2v) is 10.4. The van der Waals surface area contributed by atoms with Crippen molar-refractivity contribution in [2.45, 2.75) is 19.0 Å². The van der Waals surface area contributed by atoms with E-state index in [-0.39, 0.29) is 12.1 Å². The van der Waals surface area contributed by atoms with E-state index in [0.717, 1.165) is 50.0 Å². The Morgan fingerprint density at radius 3 is 2.39 bits per heavy atom. The molecule has 2 aromatic heterocycles. The van der Waals surface area contributed by atoms with Crippen LogP contribution in [0, 0.1) is 6.92 Å². The summed E-state index contributed by atoms with van der Waals surface area (Å²) < 4.78 is 13.6. The van der Waals surface area contributed by atoms with Gasteiger partial charge in [0.2, 0.25) is 0 Å². The second-order valence-electron chi connectivity index (χ2n) is 9.07. The Labute approximate surface area is 235 Å². The number of hydrogen-bond acceptors (Lipinski definition) is 4. The van der Waals surface area contributed by atoms with Crippen molar-refractivity contribution in [2.24, 2.45) is 0 Å². The highest BCUT2D eigenvalue weighted by Gasteiger charge is 2.42. The van der Waals surface area contributed by atoms with Gasteiger partial charge in [-0.15, -0.1) is 0 Å². The summed E-state index contributed by atoms with van der Waals surface area (Å²) in [6, 6.07) is 33.5. The fourth-order valence-electron chi connectivity index (χ4n) is 4.68. The van der Waals surface area contributed by atoms with E-state index in [1.165, 1.54) is 0 Å². The fraction of sp³-hybridized carbons (Fsp3) is 0.0968. The molecule has 3 aromatic carbocycles.